The minimum atomic E-state index is -0.0471. The number of H-pyrrole nitrogens is 1. The van der Waals surface area contributed by atoms with Crippen molar-refractivity contribution in [2.75, 3.05) is 40.4 Å². The molecule has 0 aliphatic carbocycles. The first-order valence-electron chi connectivity index (χ1n) is 5.78. The average Bonchev–Trinajstić information content (AvgIpc) is 2.29. The standard InChI is InChI=1S/C12H21N3O2/c1-15(7-5-13-6-8-17-2)10-11-3-4-14-12(16)9-11/h3-4,9,13H,5-8,10H2,1-2H3,(H,14,16). The van der Waals surface area contributed by atoms with Crippen molar-refractivity contribution in [3.8, 4) is 0 Å². The van der Waals surface area contributed by atoms with Gasteiger partial charge in [-0.15, -0.1) is 0 Å². The largest absolute Gasteiger partial charge is 0.383 e. The van der Waals surface area contributed by atoms with Gasteiger partial charge in [-0.3, -0.25) is 4.79 Å². The highest BCUT2D eigenvalue weighted by molar-refractivity contribution is 5.09. The molecule has 0 atom stereocenters. The van der Waals surface area contributed by atoms with Crippen LogP contribution in [0.2, 0.25) is 0 Å². The minimum Gasteiger partial charge on any atom is -0.383 e. The molecule has 96 valence electrons. The quantitative estimate of drug-likeness (QED) is 0.629. The summed E-state index contributed by atoms with van der Waals surface area (Å²) in [5, 5.41) is 3.28. The Hall–Kier alpha value is -1.17. The predicted octanol–water partition coefficient (Wildman–Crippen LogP) is 0.0427. The molecule has 0 aromatic carbocycles. The summed E-state index contributed by atoms with van der Waals surface area (Å²) in [4.78, 5) is 15.9. The van der Waals surface area contributed by atoms with Crippen molar-refractivity contribution in [1.82, 2.24) is 15.2 Å². The van der Waals surface area contributed by atoms with E-state index in [2.05, 4.69) is 15.2 Å². The molecule has 2 N–H and O–H groups in total. The molecule has 0 unspecified atom stereocenters. The third-order valence-electron chi connectivity index (χ3n) is 2.45. The van der Waals surface area contributed by atoms with Crippen LogP contribution in [0.1, 0.15) is 5.56 Å². The molecule has 0 aliphatic heterocycles. The average molecular weight is 239 g/mol. The maximum absolute atomic E-state index is 11.1. The SMILES string of the molecule is COCCNCCN(C)Cc1cc[nH]c(=O)c1. The van der Waals surface area contributed by atoms with E-state index in [1.807, 2.05) is 13.1 Å². The fraction of sp³-hybridized carbons (Fsp3) is 0.583. The van der Waals surface area contributed by atoms with Crippen LogP contribution in [0.25, 0.3) is 0 Å². The number of hydrogen-bond acceptors (Lipinski definition) is 4. The Morgan fingerprint density at radius 3 is 3.00 bits per heavy atom. The van der Waals surface area contributed by atoms with Gasteiger partial charge in [-0.2, -0.15) is 0 Å². The summed E-state index contributed by atoms with van der Waals surface area (Å²) in [7, 11) is 3.74. The maximum atomic E-state index is 11.1. The van der Waals surface area contributed by atoms with Crippen molar-refractivity contribution >= 4 is 0 Å². The first-order valence-corrected chi connectivity index (χ1v) is 5.78. The molecule has 0 saturated carbocycles. The van der Waals surface area contributed by atoms with Gasteiger partial charge in [0, 0.05) is 45.6 Å². The van der Waals surface area contributed by atoms with Crippen LogP contribution in [0.15, 0.2) is 23.1 Å². The topological polar surface area (TPSA) is 57.4 Å². The lowest BCUT2D eigenvalue weighted by atomic mass is 10.2. The van der Waals surface area contributed by atoms with Crippen molar-refractivity contribution in [3.63, 3.8) is 0 Å². The van der Waals surface area contributed by atoms with E-state index in [0.29, 0.717) is 0 Å². The van der Waals surface area contributed by atoms with E-state index in [9.17, 15) is 4.79 Å². The second kappa shape index (κ2) is 8.00. The first-order chi connectivity index (χ1) is 8.22. The molecule has 0 amide bonds. The smallest absolute Gasteiger partial charge is 0.248 e. The number of likely N-dealkylation sites (N-methyl/N-ethyl adjacent to an activating group) is 1. The summed E-state index contributed by atoms with van der Waals surface area (Å²) >= 11 is 0. The molecule has 1 aromatic rings. The molecule has 17 heavy (non-hydrogen) atoms. The first kappa shape index (κ1) is 13.9. The number of pyridine rings is 1. The van der Waals surface area contributed by atoms with Crippen LogP contribution >= 0.6 is 0 Å². The van der Waals surface area contributed by atoms with Crippen molar-refractivity contribution in [1.29, 1.82) is 0 Å². The summed E-state index contributed by atoms with van der Waals surface area (Å²) < 4.78 is 4.94. The van der Waals surface area contributed by atoms with Crippen molar-refractivity contribution in [2.45, 2.75) is 6.54 Å². The highest BCUT2D eigenvalue weighted by Gasteiger charge is 2.00. The van der Waals surface area contributed by atoms with Gasteiger partial charge in [0.2, 0.25) is 5.56 Å². The van der Waals surface area contributed by atoms with E-state index >= 15 is 0 Å². The summed E-state index contributed by atoms with van der Waals surface area (Å²) in [5.41, 5.74) is 0.988. The van der Waals surface area contributed by atoms with Crippen LogP contribution in [0.4, 0.5) is 0 Å². The molecule has 1 heterocycles. The van der Waals surface area contributed by atoms with Gasteiger partial charge in [0.1, 0.15) is 0 Å². The van der Waals surface area contributed by atoms with Gasteiger partial charge >= 0.3 is 0 Å². The summed E-state index contributed by atoms with van der Waals surface area (Å²) in [6.45, 7) is 4.25. The number of nitrogens with one attached hydrogen (secondary N) is 2. The summed E-state index contributed by atoms with van der Waals surface area (Å²) in [6, 6.07) is 3.56. The van der Waals surface area contributed by atoms with Crippen LogP contribution in [-0.2, 0) is 11.3 Å². The summed E-state index contributed by atoms with van der Waals surface area (Å²) in [6.07, 6.45) is 1.68. The Labute approximate surface area is 102 Å². The zero-order valence-corrected chi connectivity index (χ0v) is 10.5. The zero-order chi connectivity index (χ0) is 12.5. The molecule has 5 nitrogen and oxygen atoms in total. The Kier molecular flexibility index (Phi) is 6.54. The van der Waals surface area contributed by atoms with Crippen LogP contribution < -0.4 is 10.9 Å². The lowest BCUT2D eigenvalue weighted by Gasteiger charge is -2.16. The number of hydrogen-bond donors (Lipinski definition) is 2. The fourth-order valence-corrected chi connectivity index (χ4v) is 1.55. The third kappa shape index (κ3) is 6.21. The minimum absolute atomic E-state index is 0.0471. The molecule has 1 rings (SSSR count). The molecular formula is C12H21N3O2. The number of rotatable bonds is 8. The third-order valence-corrected chi connectivity index (χ3v) is 2.45. The molecule has 1 aromatic heterocycles. The number of aromatic nitrogens is 1. The van der Waals surface area contributed by atoms with Gasteiger partial charge in [0.25, 0.3) is 0 Å². The zero-order valence-electron chi connectivity index (χ0n) is 10.5. The second-order valence-corrected chi connectivity index (χ2v) is 4.04. The highest BCUT2D eigenvalue weighted by Crippen LogP contribution is 1.97. The van der Waals surface area contributed by atoms with Gasteiger partial charge in [0.05, 0.1) is 6.61 Å². The van der Waals surface area contributed by atoms with E-state index in [4.69, 9.17) is 4.74 Å². The Bertz CT molecular complexity index is 365. The second-order valence-electron chi connectivity index (χ2n) is 4.04. The highest BCUT2D eigenvalue weighted by atomic mass is 16.5. The van der Waals surface area contributed by atoms with Gasteiger partial charge < -0.3 is 19.9 Å². The van der Waals surface area contributed by atoms with Crippen LogP contribution in [-0.4, -0.2) is 50.3 Å². The lowest BCUT2D eigenvalue weighted by Crippen LogP contribution is -2.30. The molecule has 0 aliphatic rings. The number of nitrogens with zero attached hydrogens (tertiary/aromatic N) is 1. The van der Waals surface area contributed by atoms with E-state index in [1.54, 1.807) is 19.4 Å². The van der Waals surface area contributed by atoms with E-state index in [-0.39, 0.29) is 5.56 Å². The molecule has 0 spiro atoms. The van der Waals surface area contributed by atoms with Gasteiger partial charge in [-0.05, 0) is 18.7 Å². The van der Waals surface area contributed by atoms with Crippen molar-refractivity contribution in [3.05, 3.63) is 34.2 Å². The Balaban J connectivity index is 2.20. The van der Waals surface area contributed by atoms with Crippen LogP contribution in [0, 0.1) is 0 Å². The fourth-order valence-electron chi connectivity index (χ4n) is 1.55. The predicted molar refractivity (Wildman–Crippen MR) is 68.1 cm³/mol. The molecule has 0 bridgehead atoms. The van der Waals surface area contributed by atoms with E-state index < -0.39 is 0 Å². The Morgan fingerprint density at radius 2 is 2.29 bits per heavy atom. The Morgan fingerprint density at radius 1 is 1.47 bits per heavy atom. The lowest BCUT2D eigenvalue weighted by molar-refractivity contribution is 0.197. The van der Waals surface area contributed by atoms with Crippen LogP contribution in [0.3, 0.4) is 0 Å². The molecule has 0 radical (unpaired) electrons. The van der Waals surface area contributed by atoms with Crippen molar-refractivity contribution in [2.24, 2.45) is 0 Å². The van der Waals surface area contributed by atoms with Gasteiger partial charge in [-0.1, -0.05) is 0 Å². The normalized spacial score (nSPS) is 11.0. The van der Waals surface area contributed by atoms with E-state index in [1.165, 1.54) is 0 Å². The molecular weight excluding hydrogens is 218 g/mol. The van der Waals surface area contributed by atoms with Gasteiger partial charge in [0.15, 0.2) is 0 Å². The molecule has 0 saturated heterocycles. The molecule has 0 fully saturated rings. The summed E-state index contributed by atoms with van der Waals surface area (Å²) in [5.74, 6) is 0. The molecule has 5 heteroatoms. The van der Waals surface area contributed by atoms with E-state index in [0.717, 1.165) is 38.3 Å². The maximum Gasteiger partial charge on any atom is 0.248 e. The van der Waals surface area contributed by atoms with Gasteiger partial charge in [-0.25, -0.2) is 0 Å². The van der Waals surface area contributed by atoms with Crippen molar-refractivity contribution < 1.29 is 4.74 Å². The number of aromatic amines is 1. The number of methoxy groups -OCH3 is 1. The number of ether oxygens (including phenoxy) is 1. The monoisotopic (exact) mass is 239 g/mol. The van der Waals surface area contributed by atoms with Crippen LogP contribution in [0.5, 0.6) is 0 Å².